The molecule has 1 atom stereocenters. The van der Waals surface area contributed by atoms with Crippen LogP contribution in [0, 0.1) is 6.92 Å². The van der Waals surface area contributed by atoms with Crippen molar-refractivity contribution in [2.45, 2.75) is 19.4 Å². The van der Waals surface area contributed by atoms with Crippen LogP contribution in [0.15, 0.2) is 74.9 Å². The molecule has 1 aliphatic rings. The maximum Gasteiger partial charge on any atom is 0.336 e. The number of aromatic hydroxyl groups is 2. The first kappa shape index (κ1) is 20.6. The summed E-state index contributed by atoms with van der Waals surface area (Å²) < 4.78 is 10.9. The van der Waals surface area contributed by atoms with Gasteiger partial charge in [0.25, 0.3) is 0 Å². The number of aryl methyl sites for hydroxylation is 1. The maximum atomic E-state index is 12.2. The van der Waals surface area contributed by atoms with Gasteiger partial charge in [0.2, 0.25) is 0 Å². The molecular weight excluding hydrogens is 420 g/mol. The number of methoxy groups -OCH3 is 1. The fourth-order valence-corrected chi connectivity index (χ4v) is 4.24. The number of fused-ring (bicyclic) bond motifs is 2. The first-order valence-electron chi connectivity index (χ1n) is 10.5. The third-order valence-electron chi connectivity index (χ3n) is 5.88. The molecule has 0 radical (unpaired) electrons. The third kappa shape index (κ3) is 3.67. The van der Waals surface area contributed by atoms with E-state index in [1.54, 1.807) is 24.3 Å². The van der Waals surface area contributed by atoms with Gasteiger partial charge in [-0.15, -0.1) is 0 Å². The Morgan fingerprint density at radius 3 is 2.67 bits per heavy atom. The van der Waals surface area contributed by atoms with Crippen molar-refractivity contribution in [3.63, 3.8) is 0 Å². The SMILES string of the molecule is COc1cc(C2CC(c3c(O)ccc4c(C)cc(=O)oc34)=Nc3ccccc3N2)ccc1O. The van der Waals surface area contributed by atoms with Crippen molar-refractivity contribution in [3.8, 4) is 17.2 Å². The highest BCUT2D eigenvalue weighted by Gasteiger charge is 2.26. The summed E-state index contributed by atoms with van der Waals surface area (Å²) in [6.07, 6.45) is 0.382. The van der Waals surface area contributed by atoms with Crippen molar-refractivity contribution in [2.24, 2.45) is 4.99 Å². The Morgan fingerprint density at radius 1 is 1.06 bits per heavy atom. The lowest BCUT2D eigenvalue weighted by Crippen LogP contribution is -2.15. The molecule has 0 spiro atoms. The van der Waals surface area contributed by atoms with Gasteiger partial charge in [-0.2, -0.15) is 0 Å². The number of ether oxygens (including phenoxy) is 1. The fraction of sp³-hybridized carbons (Fsp3) is 0.154. The number of rotatable bonds is 3. The van der Waals surface area contributed by atoms with E-state index >= 15 is 0 Å². The van der Waals surface area contributed by atoms with Gasteiger partial charge in [-0.25, -0.2) is 4.79 Å². The topological polar surface area (TPSA) is 104 Å². The molecule has 1 aromatic heterocycles. The highest BCUT2D eigenvalue weighted by Crippen LogP contribution is 2.40. The summed E-state index contributed by atoms with van der Waals surface area (Å²) in [5.74, 6) is 0.393. The van der Waals surface area contributed by atoms with Gasteiger partial charge in [-0.3, -0.25) is 4.99 Å². The standard InChI is InChI=1S/C26H22N2O5/c1-14-11-24(31)33-26-16(14)8-10-22(30)25(26)20-13-19(15-7-9-21(29)23(12-15)32-2)27-17-5-3-4-6-18(17)28-20/h3-12,19,27,29-30H,13H2,1-2H3. The van der Waals surface area contributed by atoms with Crippen LogP contribution in [0.5, 0.6) is 17.2 Å². The average molecular weight is 442 g/mol. The lowest BCUT2D eigenvalue weighted by molar-refractivity contribution is 0.372. The number of hydrogen-bond acceptors (Lipinski definition) is 7. The van der Waals surface area contributed by atoms with Gasteiger partial charge in [0.15, 0.2) is 17.1 Å². The van der Waals surface area contributed by atoms with E-state index in [0.717, 1.165) is 22.2 Å². The molecule has 0 bridgehead atoms. The number of para-hydroxylation sites is 2. The zero-order valence-corrected chi connectivity index (χ0v) is 18.1. The van der Waals surface area contributed by atoms with Crippen LogP contribution < -0.4 is 15.7 Å². The molecule has 3 N–H and O–H groups in total. The largest absolute Gasteiger partial charge is 0.507 e. The minimum absolute atomic E-state index is 0.0172. The van der Waals surface area contributed by atoms with Gasteiger partial charge in [0, 0.05) is 17.9 Å². The van der Waals surface area contributed by atoms with Crippen LogP contribution in [-0.2, 0) is 0 Å². The smallest absolute Gasteiger partial charge is 0.336 e. The predicted octanol–water partition coefficient (Wildman–Crippen LogP) is 5.20. The van der Waals surface area contributed by atoms with Crippen molar-refractivity contribution in [1.82, 2.24) is 0 Å². The molecule has 1 unspecified atom stereocenters. The molecule has 0 amide bonds. The Kier molecular flexibility index (Phi) is 5.01. The summed E-state index contributed by atoms with van der Waals surface area (Å²) in [6, 6.07) is 17.3. The van der Waals surface area contributed by atoms with Gasteiger partial charge < -0.3 is 24.7 Å². The summed E-state index contributed by atoms with van der Waals surface area (Å²) in [5.41, 5.74) is 3.93. The number of nitrogens with one attached hydrogen (secondary N) is 1. The molecule has 0 saturated heterocycles. The zero-order valence-electron chi connectivity index (χ0n) is 18.1. The van der Waals surface area contributed by atoms with E-state index in [2.05, 4.69) is 5.32 Å². The minimum atomic E-state index is -0.487. The number of anilines is 1. The third-order valence-corrected chi connectivity index (χ3v) is 5.88. The molecule has 33 heavy (non-hydrogen) atoms. The molecule has 4 aromatic rings. The van der Waals surface area contributed by atoms with Gasteiger partial charge in [0.05, 0.1) is 35.8 Å². The van der Waals surface area contributed by atoms with Crippen molar-refractivity contribution in [1.29, 1.82) is 0 Å². The molecule has 0 fully saturated rings. The molecule has 0 saturated carbocycles. The number of aliphatic imine (C=N–C) groups is 1. The van der Waals surface area contributed by atoms with E-state index in [9.17, 15) is 15.0 Å². The van der Waals surface area contributed by atoms with Crippen LogP contribution in [0.1, 0.15) is 29.2 Å². The first-order chi connectivity index (χ1) is 15.9. The molecule has 1 aliphatic heterocycles. The number of phenols is 2. The van der Waals surface area contributed by atoms with Crippen LogP contribution in [0.4, 0.5) is 11.4 Å². The van der Waals surface area contributed by atoms with Crippen LogP contribution >= 0.6 is 0 Å². The zero-order chi connectivity index (χ0) is 23.1. The Bertz CT molecular complexity index is 1470. The second kappa shape index (κ2) is 8.02. The Labute approximate surface area is 189 Å². The molecule has 166 valence electrons. The van der Waals surface area contributed by atoms with Crippen molar-refractivity contribution < 1.29 is 19.4 Å². The van der Waals surface area contributed by atoms with Crippen LogP contribution in [-0.4, -0.2) is 23.0 Å². The predicted molar refractivity (Wildman–Crippen MR) is 127 cm³/mol. The van der Waals surface area contributed by atoms with E-state index < -0.39 is 5.63 Å². The molecule has 7 heteroatoms. The van der Waals surface area contributed by atoms with E-state index in [4.69, 9.17) is 14.1 Å². The van der Waals surface area contributed by atoms with Gasteiger partial charge in [-0.1, -0.05) is 18.2 Å². The lowest BCUT2D eigenvalue weighted by Gasteiger charge is -2.20. The summed E-state index contributed by atoms with van der Waals surface area (Å²) in [5, 5.41) is 25.1. The molecule has 3 aromatic carbocycles. The summed E-state index contributed by atoms with van der Waals surface area (Å²) in [7, 11) is 1.50. The highest BCUT2D eigenvalue weighted by atomic mass is 16.5. The second-order valence-corrected chi connectivity index (χ2v) is 7.99. The molecule has 0 aliphatic carbocycles. The quantitative estimate of drug-likeness (QED) is 0.377. The first-order valence-corrected chi connectivity index (χ1v) is 10.5. The van der Waals surface area contributed by atoms with Crippen molar-refractivity contribution in [3.05, 3.63) is 87.8 Å². The summed E-state index contributed by atoms with van der Waals surface area (Å²) in [6.45, 7) is 1.83. The molecule has 2 heterocycles. The highest BCUT2D eigenvalue weighted by molar-refractivity contribution is 6.13. The Hall–Kier alpha value is -4.26. The fourth-order valence-electron chi connectivity index (χ4n) is 4.24. The molecular formula is C26H22N2O5. The summed E-state index contributed by atoms with van der Waals surface area (Å²) >= 11 is 0. The van der Waals surface area contributed by atoms with Gasteiger partial charge >= 0.3 is 5.63 Å². The Balaban J connectivity index is 1.73. The number of phenolic OH excluding ortho intramolecular Hbond substituents is 2. The number of hydrogen-bond donors (Lipinski definition) is 3. The monoisotopic (exact) mass is 442 g/mol. The van der Waals surface area contributed by atoms with E-state index in [0.29, 0.717) is 34.7 Å². The van der Waals surface area contributed by atoms with E-state index in [1.807, 2.05) is 37.3 Å². The van der Waals surface area contributed by atoms with Crippen molar-refractivity contribution >= 4 is 28.1 Å². The normalized spacial score (nSPS) is 15.3. The van der Waals surface area contributed by atoms with Crippen LogP contribution in [0.25, 0.3) is 11.0 Å². The van der Waals surface area contributed by atoms with Crippen molar-refractivity contribution in [2.75, 3.05) is 12.4 Å². The van der Waals surface area contributed by atoms with Crippen LogP contribution in [0.3, 0.4) is 0 Å². The number of nitrogens with zero attached hydrogens (tertiary/aromatic N) is 1. The van der Waals surface area contributed by atoms with Crippen LogP contribution in [0.2, 0.25) is 0 Å². The molecule has 7 nitrogen and oxygen atoms in total. The van der Waals surface area contributed by atoms with E-state index in [-0.39, 0.29) is 17.5 Å². The van der Waals surface area contributed by atoms with Gasteiger partial charge in [-0.05, 0) is 54.4 Å². The lowest BCUT2D eigenvalue weighted by atomic mass is 9.94. The minimum Gasteiger partial charge on any atom is -0.507 e. The second-order valence-electron chi connectivity index (χ2n) is 7.99. The average Bonchev–Trinajstić information content (AvgIpc) is 2.98. The molecule has 5 rings (SSSR count). The number of benzene rings is 3. The Morgan fingerprint density at radius 2 is 1.85 bits per heavy atom. The maximum absolute atomic E-state index is 12.2. The van der Waals surface area contributed by atoms with Gasteiger partial charge in [0.1, 0.15) is 5.75 Å². The van der Waals surface area contributed by atoms with E-state index in [1.165, 1.54) is 13.2 Å². The summed E-state index contributed by atoms with van der Waals surface area (Å²) in [4.78, 5) is 17.0.